The van der Waals surface area contributed by atoms with Crippen LogP contribution in [0.2, 0.25) is 0 Å². The number of ether oxygens (including phenoxy) is 1. The van der Waals surface area contributed by atoms with Crippen molar-refractivity contribution in [2.75, 3.05) is 39.8 Å². The summed E-state index contributed by atoms with van der Waals surface area (Å²) in [6.45, 7) is 5.37. The van der Waals surface area contributed by atoms with Crippen molar-refractivity contribution in [1.82, 2.24) is 15.5 Å². The molecule has 0 radical (unpaired) electrons. The fraction of sp³-hybridized carbons (Fsp3) is 0.688. The normalized spacial score (nSPS) is 19.5. The van der Waals surface area contributed by atoms with Crippen molar-refractivity contribution in [1.29, 1.82) is 0 Å². The van der Waals surface area contributed by atoms with Gasteiger partial charge in [0.2, 0.25) is 0 Å². The number of amides is 1. The molecule has 0 spiro atoms. The molecule has 0 bridgehead atoms. The Morgan fingerprint density at radius 3 is 2.88 bits per heavy atom. The quantitative estimate of drug-likeness (QED) is 0.798. The van der Waals surface area contributed by atoms with Crippen LogP contribution in [0.5, 0.6) is 0 Å². The molecule has 2 N–H and O–H groups in total. The second-order valence-electron chi connectivity index (χ2n) is 6.10. The van der Waals surface area contributed by atoms with Gasteiger partial charge in [0.15, 0.2) is 0 Å². The van der Waals surface area contributed by atoms with Gasteiger partial charge in [-0.3, -0.25) is 9.69 Å². The minimum atomic E-state index is -0.631. The maximum absolute atomic E-state index is 12.5. The van der Waals surface area contributed by atoms with E-state index in [-0.39, 0.29) is 30.7 Å². The van der Waals surface area contributed by atoms with E-state index in [1.165, 1.54) is 10.4 Å². The Morgan fingerprint density at radius 1 is 1.42 bits per heavy atom. The van der Waals surface area contributed by atoms with Gasteiger partial charge in [0.05, 0.1) is 0 Å². The van der Waals surface area contributed by atoms with Crippen LogP contribution in [-0.2, 0) is 22.5 Å². The Morgan fingerprint density at radius 2 is 2.17 bits per heavy atom. The first-order valence-corrected chi connectivity index (χ1v) is 8.93. The molecule has 1 amide bonds. The van der Waals surface area contributed by atoms with Gasteiger partial charge in [-0.05, 0) is 49.4 Å². The molecule has 0 atom stereocenters. The van der Waals surface area contributed by atoms with Gasteiger partial charge in [-0.2, -0.15) is 0 Å². The molecule has 1 saturated heterocycles. The zero-order chi connectivity index (χ0) is 15.4. The number of piperidine rings is 1. The van der Waals surface area contributed by atoms with E-state index in [4.69, 9.17) is 4.74 Å². The lowest BCUT2D eigenvalue weighted by molar-refractivity contribution is -0.146. The molecule has 24 heavy (non-hydrogen) atoms. The van der Waals surface area contributed by atoms with E-state index in [0.29, 0.717) is 6.54 Å². The van der Waals surface area contributed by atoms with Crippen LogP contribution in [-0.4, -0.2) is 56.2 Å². The molecular weight excluding hydrogens is 369 g/mol. The van der Waals surface area contributed by atoms with Crippen molar-refractivity contribution in [2.24, 2.45) is 0 Å². The Labute approximate surface area is 160 Å². The number of methoxy groups -OCH3 is 1. The molecule has 2 aliphatic rings. The minimum absolute atomic E-state index is 0. The van der Waals surface area contributed by atoms with E-state index >= 15 is 0 Å². The van der Waals surface area contributed by atoms with Crippen LogP contribution in [0.25, 0.3) is 0 Å². The average molecular weight is 396 g/mol. The highest BCUT2D eigenvalue weighted by molar-refractivity contribution is 7.10. The van der Waals surface area contributed by atoms with Gasteiger partial charge in [0.1, 0.15) is 5.60 Å². The van der Waals surface area contributed by atoms with E-state index in [0.717, 1.165) is 52.0 Å². The van der Waals surface area contributed by atoms with Crippen LogP contribution in [0, 0.1) is 0 Å². The summed E-state index contributed by atoms with van der Waals surface area (Å²) in [5.74, 6) is 0.0460. The molecular formula is C16H27Cl2N3O2S. The Balaban J connectivity index is 0.00000144. The zero-order valence-electron chi connectivity index (χ0n) is 14.0. The number of nitrogens with zero attached hydrogens (tertiary/aromatic N) is 1. The summed E-state index contributed by atoms with van der Waals surface area (Å²) >= 11 is 1.86. The number of hydrogen-bond acceptors (Lipinski definition) is 5. The van der Waals surface area contributed by atoms with Gasteiger partial charge >= 0.3 is 0 Å². The van der Waals surface area contributed by atoms with Gasteiger partial charge in [0.25, 0.3) is 5.91 Å². The number of fused-ring (bicyclic) bond motifs is 1. The summed E-state index contributed by atoms with van der Waals surface area (Å²) in [5.41, 5.74) is 0.822. The molecule has 138 valence electrons. The molecule has 3 heterocycles. The molecule has 1 aromatic heterocycles. The molecule has 8 heteroatoms. The first kappa shape index (κ1) is 21.7. The van der Waals surface area contributed by atoms with E-state index in [1.54, 1.807) is 7.11 Å². The lowest BCUT2D eigenvalue weighted by Gasteiger charge is -2.35. The fourth-order valence-electron chi connectivity index (χ4n) is 3.34. The number of carbonyl (C=O) groups excluding carboxylic acids is 1. The summed E-state index contributed by atoms with van der Waals surface area (Å²) in [6, 6.07) is 2.22. The van der Waals surface area contributed by atoms with Crippen molar-refractivity contribution in [2.45, 2.75) is 31.4 Å². The SMILES string of the molecule is COC1(C(=O)NCCN2CCc3sccc3C2)CCNCC1.Cl.Cl. The fourth-order valence-corrected chi connectivity index (χ4v) is 4.23. The van der Waals surface area contributed by atoms with E-state index in [9.17, 15) is 4.79 Å². The Hall–Kier alpha value is -0.370. The number of nitrogens with one attached hydrogen (secondary N) is 2. The van der Waals surface area contributed by atoms with Gasteiger partial charge in [-0.1, -0.05) is 0 Å². The third kappa shape index (κ3) is 4.84. The molecule has 0 aromatic carbocycles. The van der Waals surface area contributed by atoms with Crippen molar-refractivity contribution in [3.63, 3.8) is 0 Å². The van der Waals surface area contributed by atoms with Gasteiger partial charge in [0, 0.05) is 38.2 Å². The summed E-state index contributed by atoms with van der Waals surface area (Å²) in [4.78, 5) is 16.4. The summed E-state index contributed by atoms with van der Waals surface area (Å²) in [6.07, 6.45) is 2.63. The number of halogens is 2. The average Bonchev–Trinajstić information content (AvgIpc) is 3.03. The maximum Gasteiger partial charge on any atom is 0.252 e. The standard InChI is InChI=1S/C16H25N3O2S.2ClH/c1-21-16(4-6-17-7-5-16)15(20)18-8-10-19-9-2-14-13(12-19)3-11-22-14;;/h3,11,17H,2,4-10,12H2,1H3,(H,18,20);2*1H. The van der Waals surface area contributed by atoms with Gasteiger partial charge in [-0.25, -0.2) is 0 Å². The smallest absolute Gasteiger partial charge is 0.252 e. The first-order chi connectivity index (χ1) is 10.7. The van der Waals surface area contributed by atoms with E-state index in [2.05, 4.69) is 27.0 Å². The predicted molar refractivity (Wildman–Crippen MR) is 103 cm³/mol. The van der Waals surface area contributed by atoms with Crippen LogP contribution in [0.3, 0.4) is 0 Å². The zero-order valence-corrected chi connectivity index (χ0v) is 16.5. The molecule has 2 aliphatic heterocycles. The molecule has 0 unspecified atom stereocenters. The molecule has 1 aromatic rings. The van der Waals surface area contributed by atoms with Crippen LogP contribution >= 0.6 is 36.2 Å². The predicted octanol–water partition coefficient (Wildman–Crippen LogP) is 1.83. The van der Waals surface area contributed by atoms with Crippen LogP contribution in [0.15, 0.2) is 11.4 Å². The van der Waals surface area contributed by atoms with Crippen molar-refractivity contribution >= 4 is 42.1 Å². The van der Waals surface area contributed by atoms with Crippen LogP contribution in [0.1, 0.15) is 23.3 Å². The number of carbonyl (C=O) groups is 1. The Bertz CT molecular complexity index is 521. The van der Waals surface area contributed by atoms with Gasteiger partial charge < -0.3 is 15.4 Å². The molecule has 1 fully saturated rings. The second kappa shape index (κ2) is 9.94. The molecule has 0 saturated carbocycles. The summed E-state index contributed by atoms with van der Waals surface area (Å²) < 4.78 is 5.55. The lowest BCUT2D eigenvalue weighted by Crippen LogP contribution is -2.55. The van der Waals surface area contributed by atoms with E-state index in [1.807, 2.05) is 11.3 Å². The van der Waals surface area contributed by atoms with E-state index < -0.39 is 5.60 Å². The lowest BCUT2D eigenvalue weighted by atomic mass is 9.91. The van der Waals surface area contributed by atoms with Crippen LogP contribution in [0.4, 0.5) is 0 Å². The van der Waals surface area contributed by atoms with Gasteiger partial charge in [-0.15, -0.1) is 36.2 Å². The van der Waals surface area contributed by atoms with Crippen molar-refractivity contribution < 1.29 is 9.53 Å². The second-order valence-corrected chi connectivity index (χ2v) is 7.10. The monoisotopic (exact) mass is 395 g/mol. The third-order valence-corrected chi connectivity index (χ3v) is 5.84. The maximum atomic E-state index is 12.5. The number of thiophene rings is 1. The third-order valence-electron chi connectivity index (χ3n) is 4.82. The van der Waals surface area contributed by atoms with Crippen molar-refractivity contribution in [3.05, 3.63) is 21.9 Å². The largest absolute Gasteiger partial charge is 0.368 e. The summed E-state index contributed by atoms with van der Waals surface area (Å²) in [5, 5.41) is 8.53. The van der Waals surface area contributed by atoms with Crippen molar-refractivity contribution in [3.8, 4) is 0 Å². The molecule has 5 nitrogen and oxygen atoms in total. The minimum Gasteiger partial charge on any atom is -0.368 e. The topological polar surface area (TPSA) is 53.6 Å². The summed E-state index contributed by atoms with van der Waals surface area (Å²) in [7, 11) is 1.65. The molecule has 3 rings (SSSR count). The number of hydrogen-bond donors (Lipinski definition) is 2. The first-order valence-electron chi connectivity index (χ1n) is 8.05. The van der Waals surface area contributed by atoms with Crippen LogP contribution < -0.4 is 10.6 Å². The Kier molecular flexibility index (Phi) is 8.98. The highest BCUT2D eigenvalue weighted by Gasteiger charge is 2.39. The number of rotatable bonds is 5. The highest BCUT2D eigenvalue weighted by atomic mass is 35.5. The highest BCUT2D eigenvalue weighted by Crippen LogP contribution is 2.24. The molecule has 0 aliphatic carbocycles.